The lowest BCUT2D eigenvalue weighted by Crippen LogP contribution is -2.47. The van der Waals surface area contributed by atoms with E-state index in [1.165, 1.54) is 0 Å². The zero-order valence-electron chi connectivity index (χ0n) is 15.0. The van der Waals surface area contributed by atoms with Gasteiger partial charge >= 0.3 is 6.09 Å². The molecule has 25 heavy (non-hydrogen) atoms. The van der Waals surface area contributed by atoms with Gasteiger partial charge < -0.3 is 19.7 Å². The minimum Gasteiger partial charge on any atom is -0.444 e. The number of amides is 1. The molecular formula is C17H25ClN4O3. The largest absolute Gasteiger partial charge is 0.444 e. The second-order valence-electron chi connectivity index (χ2n) is 7.51. The molecule has 2 aliphatic rings. The molecule has 3 rings (SSSR count). The fourth-order valence-electron chi connectivity index (χ4n) is 3.14. The second kappa shape index (κ2) is 7.33. The van der Waals surface area contributed by atoms with Gasteiger partial charge in [-0.2, -0.15) is 0 Å². The van der Waals surface area contributed by atoms with Gasteiger partial charge in [0.15, 0.2) is 11.0 Å². The third kappa shape index (κ3) is 4.52. The summed E-state index contributed by atoms with van der Waals surface area (Å²) < 4.78 is 10.9. The molecule has 1 amide bonds. The van der Waals surface area contributed by atoms with Crippen LogP contribution in [-0.4, -0.2) is 52.5 Å². The predicted octanol–water partition coefficient (Wildman–Crippen LogP) is 3.01. The number of likely N-dealkylation sites (tertiary alicyclic amines) is 1. The van der Waals surface area contributed by atoms with Gasteiger partial charge in [-0.05, 0) is 40.0 Å². The molecule has 7 nitrogen and oxygen atoms in total. The number of aromatic nitrogens is 2. The summed E-state index contributed by atoms with van der Waals surface area (Å²) in [5.74, 6) is 0.749. The van der Waals surface area contributed by atoms with E-state index in [1.807, 2.05) is 20.8 Å². The Hall–Kier alpha value is -1.60. The Morgan fingerprint density at radius 2 is 2.16 bits per heavy atom. The molecule has 0 unspecified atom stereocenters. The summed E-state index contributed by atoms with van der Waals surface area (Å²) in [6.07, 6.45) is 2.38. The first-order valence-corrected chi connectivity index (χ1v) is 9.07. The van der Waals surface area contributed by atoms with Crippen molar-refractivity contribution in [3.8, 4) is 0 Å². The topological polar surface area (TPSA) is 76.6 Å². The number of nitrogens with one attached hydrogen (secondary N) is 1. The molecule has 8 heteroatoms. The third-order valence-electron chi connectivity index (χ3n) is 4.29. The maximum absolute atomic E-state index is 12.3. The molecule has 1 aromatic rings. The molecule has 0 spiro atoms. The molecule has 2 aliphatic heterocycles. The minimum absolute atomic E-state index is 0.115. The third-order valence-corrected chi connectivity index (χ3v) is 4.60. The van der Waals surface area contributed by atoms with Crippen LogP contribution in [0.1, 0.15) is 44.7 Å². The average molecular weight is 369 g/mol. The number of halogens is 1. The highest BCUT2D eigenvalue weighted by molar-refractivity contribution is 6.30. The van der Waals surface area contributed by atoms with E-state index in [1.54, 1.807) is 4.90 Å². The first-order valence-electron chi connectivity index (χ1n) is 8.69. The molecule has 1 atom stereocenters. The summed E-state index contributed by atoms with van der Waals surface area (Å²) >= 11 is 6.13. The molecular weight excluding hydrogens is 344 g/mol. The number of carbonyl (C=O) groups is 1. The van der Waals surface area contributed by atoms with Gasteiger partial charge in [-0.3, -0.25) is 0 Å². The molecule has 1 saturated heterocycles. The van der Waals surface area contributed by atoms with Gasteiger partial charge in [0.1, 0.15) is 5.60 Å². The lowest BCUT2D eigenvalue weighted by molar-refractivity contribution is 0.0206. The van der Waals surface area contributed by atoms with E-state index in [0.29, 0.717) is 31.5 Å². The molecule has 3 heterocycles. The lowest BCUT2D eigenvalue weighted by atomic mass is 10.0. The Morgan fingerprint density at radius 3 is 2.92 bits per heavy atom. The van der Waals surface area contributed by atoms with E-state index < -0.39 is 5.60 Å². The standard InChI is InChI=1S/C17H25ClN4O3/c1-17(2,3)25-16(23)22-7-4-5-11(9-22)19-15-12-6-8-24-10-13(12)14(18)20-21-15/h11H,4-10H2,1-3H3,(H,19,21)/t11-/m1/s1. The van der Waals surface area contributed by atoms with Crippen LogP contribution in [0.4, 0.5) is 10.6 Å². The van der Waals surface area contributed by atoms with Crippen molar-refractivity contribution in [1.82, 2.24) is 15.1 Å². The van der Waals surface area contributed by atoms with Gasteiger partial charge in [0.2, 0.25) is 0 Å². The van der Waals surface area contributed by atoms with Crippen LogP contribution in [0.5, 0.6) is 0 Å². The summed E-state index contributed by atoms with van der Waals surface area (Å²) in [4.78, 5) is 14.1. The molecule has 0 aromatic carbocycles. The Bertz CT molecular complexity index is 648. The predicted molar refractivity (Wildman–Crippen MR) is 94.9 cm³/mol. The van der Waals surface area contributed by atoms with E-state index in [-0.39, 0.29) is 12.1 Å². The number of hydrogen-bond acceptors (Lipinski definition) is 6. The van der Waals surface area contributed by atoms with Crippen LogP contribution in [0.15, 0.2) is 0 Å². The van der Waals surface area contributed by atoms with Crippen molar-refractivity contribution in [2.24, 2.45) is 0 Å². The summed E-state index contributed by atoms with van der Waals surface area (Å²) in [7, 11) is 0. The Labute approximate surface area is 153 Å². The van der Waals surface area contributed by atoms with Gasteiger partial charge in [0.25, 0.3) is 0 Å². The van der Waals surface area contributed by atoms with Gasteiger partial charge in [0, 0.05) is 30.3 Å². The van der Waals surface area contributed by atoms with Gasteiger partial charge in [-0.15, -0.1) is 10.2 Å². The maximum Gasteiger partial charge on any atom is 0.410 e. The molecule has 1 aromatic heterocycles. The second-order valence-corrected chi connectivity index (χ2v) is 7.87. The lowest BCUT2D eigenvalue weighted by Gasteiger charge is -2.35. The van der Waals surface area contributed by atoms with Crippen LogP contribution < -0.4 is 5.32 Å². The highest BCUT2D eigenvalue weighted by atomic mass is 35.5. The minimum atomic E-state index is -0.488. The summed E-state index contributed by atoms with van der Waals surface area (Å²) in [5.41, 5.74) is 1.49. The van der Waals surface area contributed by atoms with Gasteiger partial charge in [-0.25, -0.2) is 4.79 Å². The van der Waals surface area contributed by atoms with Crippen molar-refractivity contribution < 1.29 is 14.3 Å². The quantitative estimate of drug-likeness (QED) is 0.864. The summed E-state index contributed by atoms with van der Waals surface area (Å²) in [6, 6.07) is 0.115. The normalized spacial score (nSPS) is 20.8. The van der Waals surface area contributed by atoms with Crippen molar-refractivity contribution in [3.05, 3.63) is 16.3 Å². The Morgan fingerprint density at radius 1 is 1.36 bits per heavy atom. The monoisotopic (exact) mass is 368 g/mol. The number of hydrogen-bond donors (Lipinski definition) is 1. The zero-order chi connectivity index (χ0) is 18.0. The number of carbonyl (C=O) groups excluding carboxylic acids is 1. The van der Waals surface area contributed by atoms with Crippen molar-refractivity contribution in [1.29, 1.82) is 0 Å². The molecule has 0 saturated carbocycles. The van der Waals surface area contributed by atoms with Crippen LogP contribution >= 0.6 is 11.6 Å². The molecule has 0 radical (unpaired) electrons. The van der Waals surface area contributed by atoms with Crippen LogP contribution in [0, 0.1) is 0 Å². The number of ether oxygens (including phenoxy) is 2. The molecule has 138 valence electrons. The van der Waals surface area contributed by atoms with Crippen molar-refractivity contribution in [2.45, 2.75) is 58.3 Å². The molecule has 1 fully saturated rings. The van der Waals surface area contributed by atoms with E-state index in [9.17, 15) is 4.79 Å². The van der Waals surface area contributed by atoms with E-state index in [2.05, 4.69) is 15.5 Å². The van der Waals surface area contributed by atoms with Crippen molar-refractivity contribution in [3.63, 3.8) is 0 Å². The fraction of sp³-hybridized carbons (Fsp3) is 0.706. The SMILES string of the molecule is CC(C)(C)OC(=O)N1CCC[C@@H](Nc2nnc(Cl)c3c2CCOC3)C1. The van der Waals surface area contributed by atoms with Crippen molar-refractivity contribution >= 4 is 23.5 Å². The molecule has 0 bridgehead atoms. The molecule has 0 aliphatic carbocycles. The van der Waals surface area contributed by atoms with Gasteiger partial charge in [0.05, 0.1) is 13.2 Å². The zero-order valence-corrected chi connectivity index (χ0v) is 15.7. The van der Waals surface area contributed by atoms with E-state index in [0.717, 1.165) is 36.2 Å². The molecule has 1 N–H and O–H groups in total. The summed E-state index contributed by atoms with van der Waals surface area (Å²) in [5, 5.41) is 12.1. The number of fused-ring (bicyclic) bond motifs is 1. The fourth-order valence-corrected chi connectivity index (χ4v) is 3.35. The number of piperidine rings is 1. The van der Waals surface area contributed by atoms with E-state index >= 15 is 0 Å². The highest BCUT2D eigenvalue weighted by Gasteiger charge is 2.29. The highest BCUT2D eigenvalue weighted by Crippen LogP contribution is 2.28. The number of anilines is 1. The van der Waals surface area contributed by atoms with E-state index in [4.69, 9.17) is 21.1 Å². The first kappa shape index (κ1) is 18.2. The smallest absolute Gasteiger partial charge is 0.410 e. The van der Waals surface area contributed by atoms with Crippen molar-refractivity contribution in [2.75, 3.05) is 25.0 Å². The van der Waals surface area contributed by atoms with Crippen LogP contribution in [-0.2, 0) is 22.5 Å². The van der Waals surface area contributed by atoms with Crippen LogP contribution in [0.25, 0.3) is 0 Å². The maximum atomic E-state index is 12.3. The average Bonchev–Trinajstić information content (AvgIpc) is 2.56. The number of rotatable bonds is 2. The van der Waals surface area contributed by atoms with Crippen LogP contribution in [0.2, 0.25) is 5.15 Å². The number of nitrogens with zero attached hydrogens (tertiary/aromatic N) is 3. The Kier molecular flexibility index (Phi) is 5.34. The summed E-state index contributed by atoms with van der Waals surface area (Å²) in [6.45, 7) is 8.05. The Balaban J connectivity index is 1.68. The first-order chi connectivity index (χ1) is 11.8. The van der Waals surface area contributed by atoms with Gasteiger partial charge in [-0.1, -0.05) is 11.6 Å². The van der Waals surface area contributed by atoms with Crippen LogP contribution in [0.3, 0.4) is 0 Å².